The molecular weight excluding hydrogens is 253 g/mol. The highest BCUT2D eigenvalue weighted by atomic mass is 19.4. The van der Waals surface area contributed by atoms with E-state index in [0.717, 1.165) is 0 Å². The summed E-state index contributed by atoms with van der Waals surface area (Å²) in [6, 6.07) is 0. The van der Waals surface area contributed by atoms with Crippen molar-refractivity contribution in [3.05, 3.63) is 27.5 Å². The van der Waals surface area contributed by atoms with Gasteiger partial charge in [-0.15, -0.1) is 13.2 Å². The zero-order valence-electron chi connectivity index (χ0n) is 8.02. The van der Waals surface area contributed by atoms with E-state index in [-0.39, 0.29) is 0 Å². The average Bonchev–Trinajstić information content (AvgIpc) is 2.15. The first kappa shape index (κ1) is 13.4. The average molecular weight is 259 g/mol. The largest absolute Gasteiger partial charge is 0.574 e. The predicted molar refractivity (Wildman–Crippen MR) is 44.6 cm³/mol. The fraction of sp³-hybridized carbons (Fsp3) is 0.375. The first-order valence-electron chi connectivity index (χ1n) is 4.15. The van der Waals surface area contributed by atoms with E-state index in [4.69, 9.17) is 5.11 Å². The molecule has 4 nitrogen and oxygen atoms in total. The van der Waals surface area contributed by atoms with E-state index in [1.54, 1.807) is 4.98 Å². The first-order valence-corrected chi connectivity index (χ1v) is 4.15. The Hall–Kier alpha value is -1.64. The number of H-pyrrole nitrogens is 1. The van der Waals surface area contributed by atoms with Crippen molar-refractivity contribution in [1.82, 2.24) is 4.98 Å². The molecular formula is C8H6F5NO3. The monoisotopic (exact) mass is 259 g/mol. The zero-order chi connectivity index (χ0) is 13.2. The molecule has 1 aromatic heterocycles. The molecule has 1 aromatic rings. The van der Waals surface area contributed by atoms with E-state index in [0.29, 0.717) is 6.20 Å². The van der Waals surface area contributed by atoms with Gasteiger partial charge in [0.25, 0.3) is 6.43 Å². The van der Waals surface area contributed by atoms with Gasteiger partial charge in [0.05, 0.1) is 17.7 Å². The van der Waals surface area contributed by atoms with Gasteiger partial charge in [0.2, 0.25) is 5.88 Å². The maximum absolute atomic E-state index is 12.2. The van der Waals surface area contributed by atoms with Gasteiger partial charge in [-0.3, -0.25) is 4.79 Å². The lowest BCUT2D eigenvalue weighted by molar-refractivity contribution is -0.276. The SMILES string of the molecule is O=c1c(C(F)F)c[nH]c(OC(F)(F)F)c1CO. The Kier molecular flexibility index (Phi) is 3.71. The van der Waals surface area contributed by atoms with Crippen LogP contribution in [0.4, 0.5) is 22.0 Å². The number of pyridine rings is 1. The van der Waals surface area contributed by atoms with Crippen molar-refractivity contribution in [2.45, 2.75) is 19.4 Å². The Labute approximate surface area is 90.6 Å². The van der Waals surface area contributed by atoms with Crippen molar-refractivity contribution >= 4 is 0 Å². The van der Waals surface area contributed by atoms with Gasteiger partial charge in [0, 0.05) is 6.20 Å². The Balaban J connectivity index is 3.27. The van der Waals surface area contributed by atoms with Crippen LogP contribution in [0.2, 0.25) is 0 Å². The van der Waals surface area contributed by atoms with Crippen LogP contribution >= 0.6 is 0 Å². The molecule has 0 spiro atoms. The van der Waals surface area contributed by atoms with Crippen LogP contribution < -0.4 is 10.2 Å². The van der Waals surface area contributed by atoms with Gasteiger partial charge in [0.15, 0.2) is 5.43 Å². The van der Waals surface area contributed by atoms with Crippen molar-refractivity contribution in [2.24, 2.45) is 0 Å². The molecule has 0 aromatic carbocycles. The number of aliphatic hydroxyl groups excluding tert-OH is 1. The maximum Gasteiger partial charge on any atom is 0.574 e. The molecule has 0 bridgehead atoms. The minimum absolute atomic E-state index is 0.410. The topological polar surface area (TPSA) is 62.3 Å². The van der Waals surface area contributed by atoms with Crippen LogP contribution in [0.15, 0.2) is 11.0 Å². The Morgan fingerprint density at radius 3 is 2.41 bits per heavy atom. The molecule has 96 valence electrons. The molecule has 0 saturated carbocycles. The normalized spacial score (nSPS) is 11.9. The summed E-state index contributed by atoms with van der Waals surface area (Å²) in [5.41, 5.74) is -3.33. The van der Waals surface area contributed by atoms with Crippen LogP contribution in [-0.2, 0) is 6.61 Å². The zero-order valence-corrected chi connectivity index (χ0v) is 8.02. The van der Waals surface area contributed by atoms with E-state index in [1.807, 2.05) is 0 Å². The number of halogens is 5. The van der Waals surface area contributed by atoms with E-state index in [2.05, 4.69) is 4.74 Å². The van der Waals surface area contributed by atoms with E-state index < -0.39 is 41.8 Å². The number of hydrogen-bond donors (Lipinski definition) is 2. The molecule has 0 aliphatic heterocycles. The smallest absolute Gasteiger partial charge is 0.391 e. The van der Waals surface area contributed by atoms with Gasteiger partial charge in [-0.2, -0.15) is 0 Å². The van der Waals surface area contributed by atoms with Gasteiger partial charge < -0.3 is 14.8 Å². The third-order valence-corrected chi connectivity index (χ3v) is 1.78. The van der Waals surface area contributed by atoms with Crippen molar-refractivity contribution in [1.29, 1.82) is 0 Å². The number of rotatable bonds is 3. The molecule has 0 saturated heterocycles. The summed E-state index contributed by atoms with van der Waals surface area (Å²) in [7, 11) is 0. The van der Waals surface area contributed by atoms with Gasteiger partial charge in [-0.25, -0.2) is 8.78 Å². The fourth-order valence-corrected chi connectivity index (χ4v) is 1.09. The van der Waals surface area contributed by atoms with Crippen LogP contribution in [0.3, 0.4) is 0 Å². The Morgan fingerprint density at radius 1 is 1.41 bits per heavy atom. The van der Waals surface area contributed by atoms with Crippen LogP contribution in [-0.4, -0.2) is 16.5 Å². The number of alkyl halides is 5. The summed E-state index contributed by atoms with van der Waals surface area (Å²) in [4.78, 5) is 13.0. The lowest BCUT2D eigenvalue weighted by Gasteiger charge is -2.12. The van der Waals surface area contributed by atoms with Gasteiger partial charge in [-0.1, -0.05) is 0 Å². The second-order valence-electron chi connectivity index (χ2n) is 2.89. The Morgan fingerprint density at radius 2 is 2.00 bits per heavy atom. The van der Waals surface area contributed by atoms with Crippen molar-refractivity contribution in [3.63, 3.8) is 0 Å². The van der Waals surface area contributed by atoms with Crippen LogP contribution in [0.25, 0.3) is 0 Å². The number of aliphatic hydroxyl groups is 1. The fourth-order valence-electron chi connectivity index (χ4n) is 1.09. The van der Waals surface area contributed by atoms with Crippen molar-refractivity contribution < 1.29 is 31.8 Å². The molecule has 0 aliphatic carbocycles. The summed E-state index contributed by atoms with van der Waals surface area (Å²) < 4.78 is 63.5. The summed E-state index contributed by atoms with van der Waals surface area (Å²) in [5.74, 6) is -1.10. The molecule has 9 heteroatoms. The predicted octanol–water partition coefficient (Wildman–Crippen LogP) is 1.70. The molecule has 0 unspecified atom stereocenters. The lowest BCUT2D eigenvalue weighted by atomic mass is 10.2. The third-order valence-electron chi connectivity index (χ3n) is 1.78. The molecule has 0 atom stereocenters. The molecule has 1 rings (SSSR count). The molecule has 0 amide bonds. The molecule has 0 fully saturated rings. The van der Waals surface area contributed by atoms with Crippen LogP contribution in [0.1, 0.15) is 17.6 Å². The molecule has 17 heavy (non-hydrogen) atoms. The second-order valence-corrected chi connectivity index (χ2v) is 2.89. The minimum atomic E-state index is -5.10. The quantitative estimate of drug-likeness (QED) is 0.812. The lowest BCUT2D eigenvalue weighted by Crippen LogP contribution is -2.23. The van der Waals surface area contributed by atoms with Gasteiger partial charge in [0.1, 0.15) is 0 Å². The number of aromatic amines is 1. The number of aromatic nitrogens is 1. The summed E-state index contributed by atoms with van der Waals surface area (Å²) in [6.45, 7) is -1.15. The maximum atomic E-state index is 12.2. The second kappa shape index (κ2) is 4.70. The molecule has 2 N–H and O–H groups in total. The van der Waals surface area contributed by atoms with E-state index in [1.165, 1.54) is 0 Å². The summed E-state index contributed by atoms with van der Waals surface area (Å²) >= 11 is 0. The molecule has 0 aliphatic rings. The van der Waals surface area contributed by atoms with E-state index in [9.17, 15) is 26.7 Å². The third kappa shape index (κ3) is 3.16. The van der Waals surface area contributed by atoms with Crippen molar-refractivity contribution in [3.8, 4) is 5.88 Å². The van der Waals surface area contributed by atoms with Gasteiger partial charge >= 0.3 is 6.36 Å². The molecule has 0 radical (unpaired) electrons. The highest BCUT2D eigenvalue weighted by molar-refractivity contribution is 5.30. The van der Waals surface area contributed by atoms with Crippen LogP contribution in [0, 0.1) is 0 Å². The highest BCUT2D eigenvalue weighted by Gasteiger charge is 2.33. The molecule has 1 heterocycles. The van der Waals surface area contributed by atoms with Gasteiger partial charge in [-0.05, 0) is 0 Å². The first-order chi connectivity index (χ1) is 7.76. The summed E-state index contributed by atoms with van der Waals surface area (Å²) in [6.07, 6.45) is -7.85. The highest BCUT2D eigenvalue weighted by Crippen LogP contribution is 2.24. The Bertz CT molecular complexity index is 453. The summed E-state index contributed by atoms with van der Waals surface area (Å²) in [5, 5.41) is 8.69. The number of ether oxygens (including phenoxy) is 1. The van der Waals surface area contributed by atoms with Crippen molar-refractivity contribution in [2.75, 3.05) is 0 Å². The van der Waals surface area contributed by atoms with E-state index >= 15 is 0 Å². The minimum Gasteiger partial charge on any atom is -0.391 e. The number of hydrogen-bond acceptors (Lipinski definition) is 3. The standard InChI is InChI=1S/C8H6F5NO3/c9-6(10)3-1-14-7(17-8(11,12)13)4(2-15)5(3)16/h1,6,15H,2H2,(H,14,16). The number of nitrogens with one attached hydrogen (secondary N) is 1. The van der Waals surface area contributed by atoms with Crippen LogP contribution in [0.5, 0.6) is 5.88 Å².